The van der Waals surface area contributed by atoms with E-state index >= 15 is 0 Å². The van der Waals surface area contributed by atoms with Crippen LogP contribution in [0.5, 0.6) is 0 Å². The van der Waals surface area contributed by atoms with Crippen LogP contribution in [0.15, 0.2) is 53.9 Å². The maximum Gasteiger partial charge on any atom is 0.266 e. The Morgan fingerprint density at radius 3 is 2.76 bits per heavy atom. The van der Waals surface area contributed by atoms with Crippen molar-refractivity contribution in [2.24, 2.45) is 0 Å². The molecule has 0 unspecified atom stereocenters. The molecule has 1 amide bonds. The zero-order chi connectivity index (χ0) is 14.7. The van der Waals surface area contributed by atoms with Crippen molar-refractivity contribution in [3.63, 3.8) is 0 Å². The third kappa shape index (κ3) is 3.20. The molecule has 3 aromatic rings. The van der Waals surface area contributed by atoms with Gasteiger partial charge < -0.3 is 5.32 Å². The molecule has 0 saturated heterocycles. The lowest BCUT2D eigenvalue weighted by molar-refractivity contribution is 0.103. The van der Waals surface area contributed by atoms with Gasteiger partial charge in [-0.05, 0) is 23.9 Å². The Kier molecular flexibility index (Phi) is 3.83. The standard InChI is InChI=1S/C16H15N3OS/c1-12-10-15(17-16(20)14-8-5-9-21-14)18-19(12)11-13-6-3-2-4-7-13/h2-10H,11H2,1H3,(H,17,18,20). The van der Waals surface area contributed by atoms with Crippen molar-refractivity contribution in [3.8, 4) is 0 Å². The number of hydrogen-bond acceptors (Lipinski definition) is 3. The van der Waals surface area contributed by atoms with E-state index < -0.39 is 0 Å². The Bertz CT molecular complexity index is 732. The molecule has 0 aliphatic rings. The normalized spacial score (nSPS) is 10.5. The number of anilines is 1. The van der Waals surface area contributed by atoms with Crippen LogP contribution in [0.25, 0.3) is 0 Å². The number of aryl methyl sites for hydroxylation is 1. The molecule has 106 valence electrons. The highest BCUT2D eigenvalue weighted by molar-refractivity contribution is 7.12. The van der Waals surface area contributed by atoms with Crippen LogP contribution in [-0.4, -0.2) is 15.7 Å². The highest BCUT2D eigenvalue weighted by atomic mass is 32.1. The fourth-order valence-electron chi connectivity index (χ4n) is 2.07. The summed E-state index contributed by atoms with van der Waals surface area (Å²) < 4.78 is 1.89. The minimum absolute atomic E-state index is 0.116. The molecule has 0 aliphatic heterocycles. The highest BCUT2D eigenvalue weighted by Crippen LogP contribution is 2.14. The first kappa shape index (κ1) is 13.6. The lowest BCUT2D eigenvalue weighted by Crippen LogP contribution is -2.11. The zero-order valence-electron chi connectivity index (χ0n) is 11.6. The molecule has 0 aliphatic carbocycles. The summed E-state index contributed by atoms with van der Waals surface area (Å²) in [5, 5.41) is 9.16. The van der Waals surface area contributed by atoms with E-state index in [-0.39, 0.29) is 5.91 Å². The van der Waals surface area contributed by atoms with Crippen LogP contribution in [0.4, 0.5) is 5.82 Å². The monoisotopic (exact) mass is 297 g/mol. The second-order valence-corrected chi connectivity index (χ2v) is 5.69. The Labute approximate surface area is 127 Å². The van der Waals surface area contributed by atoms with E-state index in [4.69, 9.17) is 0 Å². The number of thiophene rings is 1. The number of hydrogen-bond donors (Lipinski definition) is 1. The molecule has 0 atom stereocenters. The Morgan fingerprint density at radius 1 is 1.24 bits per heavy atom. The lowest BCUT2D eigenvalue weighted by atomic mass is 10.2. The predicted molar refractivity (Wildman–Crippen MR) is 84.8 cm³/mol. The molecule has 0 fully saturated rings. The molecule has 2 aromatic heterocycles. The van der Waals surface area contributed by atoms with Gasteiger partial charge in [-0.15, -0.1) is 11.3 Å². The van der Waals surface area contributed by atoms with Gasteiger partial charge in [0.15, 0.2) is 5.82 Å². The quantitative estimate of drug-likeness (QED) is 0.800. The molecule has 1 aromatic carbocycles. The van der Waals surface area contributed by atoms with E-state index in [1.165, 1.54) is 16.9 Å². The van der Waals surface area contributed by atoms with Crippen LogP contribution in [0.2, 0.25) is 0 Å². The number of rotatable bonds is 4. The van der Waals surface area contributed by atoms with Gasteiger partial charge in [0, 0.05) is 11.8 Å². The van der Waals surface area contributed by atoms with Crippen LogP contribution < -0.4 is 5.32 Å². The number of amides is 1. The summed E-state index contributed by atoms with van der Waals surface area (Å²) in [6.07, 6.45) is 0. The average molecular weight is 297 g/mol. The zero-order valence-corrected chi connectivity index (χ0v) is 12.4. The first-order valence-corrected chi connectivity index (χ1v) is 7.53. The largest absolute Gasteiger partial charge is 0.304 e. The smallest absolute Gasteiger partial charge is 0.266 e. The molecule has 0 saturated carbocycles. The molecule has 0 radical (unpaired) electrons. The van der Waals surface area contributed by atoms with Crippen LogP contribution in [-0.2, 0) is 6.54 Å². The number of benzene rings is 1. The Hall–Kier alpha value is -2.40. The van der Waals surface area contributed by atoms with Gasteiger partial charge in [0.1, 0.15) is 0 Å². The minimum Gasteiger partial charge on any atom is -0.304 e. The minimum atomic E-state index is -0.116. The van der Waals surface area contributed by atoms with E-state index in [0.717, 1.165) is 5.69 Å². The van der Waals surface area contributed by atoms with E-state index in [9.17, 15) is 4.79 Å². The summed E-state index contributed by atoms with van der Waals surface area (Å²) >= 11 is 1.42. The van der Waals surface area contributed by atoms with Gasteiger partial charge in [-0.1, -0.05) is 36.4 Å². The topological polar surface area (TPSA) is 46.9 Å². The van der Waals surface area contributed by atoms with Crippen molar-refractivity contribution in [1.82, 2.24) is 9.78 Å². The van der Waals surface area contributed by atoms with Crippen molar-refractivity contribution in [2.75, 3.05) is 5.32 Å². The first-order chi connectivity index (χ1) is 10.2. The van der Waals surface area contributed by atoms with Gasteiger partial charge in [0.05, 0.1) is 11.4 Å². The van der Waals surface area contributed by atoms with Crippen molar-refractivity contribution in [3.05, 3.63) is 70.0 Å². The first-order valence-electron chi connectivity index (χ1n) is 6.65. The Morgan fingerprint density at radius 2 is 2.05 bits per heavy atom. The molecule has 3 rings (SSSR count). The number of carbonyl (C=O) groups excluding carboxylic acids is 1. The van der Waals surface area contributed by atoms with Crippen LogP contribution in [0.1, 0.15) is 20.9 Å². The van der Waals surface area contributed by atoms with Gasteiger partial charge in [-0.25, -0.2) is 0 Å². The van der Waals surface area contributed by atoms with Gasteiger partial charge in [-0.2, -0.15) is 5.10 Å². The van der Waals surface area contributed by atoms with Gasteiger partial charge in [-0.3, -0.25) is 9.48 Å². The van der Waals surface area contributed by atoms with E-state index in [2.05, 4.69) is 22.5 Å². The number of nitrogens with zero attached hydrogens (tertiary/aromatic N) is 2. The van der Waals surface area contributed by atoms with Crippen molar-refractivity contribution in [2.45, 2.75) is 13.5 Å². The summed E-state index contributed by atoms with van der Waals surface area (Å²) in [4.78, 5) is 12.7. The fourth-order valence-corrected chi connectivity index (χ4v) is 2.69. The summed E-state index contributed by atoms with van der Waals surface area (Å²) in [5.41, 5.74) is 2.19. The molecule has 0 bridgehead atoms. The van der Waals surface area contributed by atoms with E-state index in [1.54, 1.807) is 6.07 Å². The fraction of sp³-hybridized carbons (Fsp3) is 0.125. The van der Waals surface area contributed by atoms with Gasteiger partial charge in [0.2, 0.25) is 0 Å². The number of nitrogens with one attached hydrogen (secondary N) is 1. The molecule has 21 heavy (non-hydrogen) atoms. The third-order valence-corrected chi connectivity index (χ3v) is 4.01. The molecule has 2 heterocycles. The van der Waals surface area contributed by atoms with Crippen molar-refractivity contribution < 1.29 is 4.79 Å². The predicted octanol–water partition coefficient (Wildman–Crippen LogP) is 3.55. The molecule has 4 nitrogen and oxygen atoms in total. The molecular formula is C16H15N3OS. The number of carbonyl (C=O) groups is 1. The second-order valence-electron chi connectivity index (χ2n) is 4.75. The second kappa shape index (κ2) is 5.93. The van der Waals surface area contributed by atoms with Crippen LogP contribution in [0, 0.1) is 6.92 Å². The van der Waals surface area contributed by atoms with Crippen LogP contribution in [0.3, 0.4) is 0 Å². The molecular weight excluding hydrogens is 282 g/mol. The van der Waals surface area contributed by atoms with E-state index in [0.29, 0.717) is 17.2 Å². The van der Waals surface area contributed by atoms with Gasteiger partial charge in [0.25, 0.3) is 5.91 Å². The van der Waals surface area contributed by atoms with Gasteiger partial charge >= 0.3 is 0 Å². The van der Waals surface area contributed by atoms with E-state index in [1.807, 2.05) is 47.3 Å². The maximum absolute atomic E-state index is 12.0. The van der Waals surface area contributed by atoms with Crippen molar-refractivity contribution >= 4 is 23.1 Å². The number of aromatic nitrogens is 2. The summed E-state index contributed by atoms with van der Waals surface area (Å²) in [5.74, 6) is 0.469. The van der Waals surface area contributed by atoms with Crippen molar-refractivity contribution in [1.29, 1.82) is 0 Å². The summed E-state index contributed by atoms with van der Waals surface area (Å²) in [6, 6.07) is 15.7. The van der Waals surface area contributed by atoms with Crippen LogP contribution >= 0.6 is 11.3 Å². The highest BCUT2D eigenvalue weighted by Gasteiger charge is 2.10. The molecule has 5 heteroatoms. The summed E-state index contributed by atoms with van der Waals surface area (Å²) in [7, 11) is 0. The molecule has 1 N–H and O–H groups in total. The maximum atomic E-state index is 12.0. The third-order valence-electron chi connectivity index (χ3n) is 3.14. The lowest BCUT2D eigenvalue weighted by Gasteiger charge is -2.04. The molecule has 0 spiro atoms. The Balaban J connectivity index is 1.74. The summed E-state index contributed by atoms with van der Waals surface area (Å²) in [6.45, 7) is 2.68. The average Bonchev–Trinajstić information content (AvgIpc) is 3.11. The SMILES string of the molecule is Cc1cc(NC(=O)c2cccs2)nn1Cc1ccccc1.